The molecule has 0 radical (unpaired) electrons. The molecular formula is C15H25N3O. The van der Waals surface area contributed by atoms with Crippen LogP contribution in [0, 0.1) is 0 Å². The van der Waals surface area contributed by atoms with Gasteiger partial charge in [0.25, 0.3) is 0 Å². The summed E-state index contributed by atoms with van der Waals surface area (Å²) < 4.78 is 1.88. The molecule has 0 amide bonds. The summed E-state index contributed by atoms with van der Waals surface area (Å²) in [6.07, 6.45) is 12.1. The molecule has 1 aromatic heterocycles. The van der Waals surface area contributed by atoms with Crippen molar-refractivity contribution in [1.29, 1.82) is 0 Å². The summed E-state index contributed by atoms with van der Waals surface area (Å²) >= 11 is 0. The van der Waals surface area contributed by atoms with E-state index in [1.165, 1.54) is 37.7 Å². The molecule has 1 aliphatic heterocycles. The maximum atomic E-state index is 10.7. The Bertz CT molecular complexity index is 423. The molecule has 4 nitrogen and oxygen atoms in total. The number of rotatable bonds is 3. The predicted octanol–water partition coefficient (Wildman–Crippen LogP) is 2.25. The van der Waals surface area contributed by atoms with E-state index in [9.17, 15) is 5.11 Å². The molecule has 106 valence electrons. The molecule has 0 unspecified atom stereocenters. The third kappa shape index (κ3) is 2.84. The van der Waals surface area contributed by atoms with Crippen LogP contribution in [0.25, 0.3) is 0 Å². The minimum Gasteiger partial charge on any atom is -0.389 e. The van der Waals surface area contributed by atoms with E-state index in [4.69, 9.17) is 0 Å². The molecule has 2 aliphatic rings. The van der Waals surface area contributed by atoms with Crippen LogP contribution in [-0.4, -0.2) is 38.5 Å². The molecule has 19 heavy (non-hydrogen) atoms. The monoisotopic (exact) mass is 263 g/mol. The van der Waals surface area contributed by atoms with Crippen molar-refractivity contribution in [2.24, 2.45) is 7.05 Å². The Morgan fingerprint density at radius 1 is 1.32 bits per heavy atom. The Morgan fingerprint density at radius 2 is 2.11 bits per heavy atom. The van der Waals surface area contributed by atoms with Gasteiger partial charge in [-0.25, -0.2) is 0 Å². The number of nitrogens with zero attached hydrogens (tertiary/aromatic N) is 3. The van der Waals surface area contributed by atoms with Crippen LogP contribution >= 0.6 is 0 Å². The Labute approximate surface area is 115 Å². The van der Waals surface area contributed by atoms with E-state index in [2.05, 4.69) is 16.2 Å². The SMILES string of the molecule is Cn1cc([C@@H]2CCCN2CC2(O)CCCCC2)cn1. The average Bonchev–Trinajstić information content (AvgIpc) is 2.98. The number of β-amino-alcohol motifs (C(OH)–C–C–N with tert-alkyl or cyclic N) is 1. The number of likely N-dealkylation sites (tertiary alicyclic amines) is 1. The molecule has 1 saturated carbocycles. The highest BCUT2D eigenvalue weighted by Gasteiger charge is 2.36. The lowest BCUT2D eigenvalue weighted by molar-refractivity contribution is -0.0292. The molecule has 2 fully saturated rings. The molecule has 1 aliphatic carbocycles. The van der Waals surface area contributed by atoms with Crippen molar-refractivity contribution in [2.45, 2.75) is 56.6 Å². The lowest BCUT2D eigenvalue weighted by atomic mass is 9.84. The molecule has 0 bridgehead atoms. The molecule has 0 spiro atoms. The number of hydrogen-bond donors (Lipinski definition) is 1. The molecule has 1 saturated heterocycles. The van der Waals surface area contributed by atoms with E-state index in [0.29, 0.717) is 6.04 Å². The van der Waals surface area contributed by atoms with Gasteiger partial charge in [0.05, 0.1) is 11.8 Å². The zero-order valence-corrected chi connectivity index (χ0v) is 11.9. The van der Waals surface area contributed by atoms with Gasteiger partial charge in [-0.2, -0.15) is 5.10 Å². The van der Waals surface area contributed by atoms with Crippen molar-refractivity contribution in [2.75, 3.05) is 13.1 Å². The van der Waals surface area contributed by atoms with Crippen LogP contribution in [0.5, 0.6) is 0 Å². The van der Waals surface area contributed by atoms with Gasteiger partial charge < -0.3 is 5.11 Å². The molecule has 1 atom stereocenters. The summed E-state index contributed by atoms with van der Waals surface area (Å²) in [5.74, 6) is 0. The van der Waals surface area contributed by atoms with Crippen LogP contribution in [0.15, 0.2) is 12.4 Å². The third-order valence-electron chi connectivity index (χ3n) is 4.75. The molecular weight excluding hydrogens is 238 g/mol. The molecule has 1 N–H and O–H groups in total. The van der Waals surface area contributed by atoms with Crippen molar-refractivity contribution in [3.8, 4) is 0 Å². The fourth-order valence-corrected chi connectivity index (χ4v) is 3.75. The van der Waals surface area contributed by atoms with E-state index < -0.39 is 5.60 Å². The van der Waals surface area contributed by atoms with Crippen molar-refractivity contribution in [3.63, 3.8) is 0 Å². The molecule has 2 heterocycles. The third-order valence-corrected chi connectivity index (χ3v) is 4.75. The van der Waals surface area contributed by atoms with Crippen LogP contribution in [0.1, 0.15) is 56.6 Å². The van der Waals surface area contributed by atoms with Crippen LogP contribution in [0.4, 0.5) is 0 Å². The normalized spacial score (nSPS) is 27.8. The number of aromatic nitrogens is 2. The smallest absolute Gasteiger partial charge is 0.0774 e. The van der Waals surface area contributed by atoms with E-state index in [-0.39, 0.29) is 0 Å². The van der Waals surface area contributed by atoms with Gasteiger partial charge in [-0.15, -0.1) is 0 Å². The van der Waals surface area contributed by atoms with Gasteiger partial charge >= 0.3 is 0 Å². The highest BCUT2D eigenvalue weighted by molar-refractivity contribution is 5.12. The van der Waals surface area contributed by atoms with Crippen LogP contribution in [-0.2, 0) is 7.05 Å². The first kappa shape index (κ1) is 13.1. The fraction of sp³-hybridized carbons (Fsp3) is 0.800. The van der Waals surface area contributed by atoms with E-state index in [1.807, 2.05) is 17.9 Å². The largest absolute Gasteiger partial charge is 0.389 e. The van der Waals surface area contributed by atoms with Gasteiger partial charge in [-0.05, 0) is 32.2 Å². The summed E-state index contributed by atoms with van der Waals surface area (Å²) in [6.45, 7) is 1.95. The van der Waals surface area contributed by atoms with Crippen LogP contribution < -0.4 is 0 Å². The number of hydrogen-bond acceptors (Lipinski definition) is 3. The number of aryl methyl sites for hydroxylation is 1. The maximum Gasteiger partial charge on any atom is 0.0774 e. The standard InChI is InChI=1S/C15H25N3O/c1-17-11-13(10-16-17)14-6-5-9-18(14)12-15(19)7-3-2-4-8-15/h10-11,14,19H,2-9,12H2,1H3/t14-/m0/s1. The summed E-state index contributed by atoms with van der Waals surface area (Å²) in [5, 5.41) is 15.0. The van der Waals surface area contributed by atoms with Crippen molar-refractivity contribution in [3.05, 3.63) is 18.0 Å². The highest BCUT2D eigenvalue weighted by atomic mass is 16.3. The summed E-state index contributed by atoms with van der Waals surface area (Å²) in [4.78, 5) is 2.47. The average molecular weight is 263 g/mol. The van der Waals surface area contributed by atoms with Gasteiger partial charge in [-0.3, -0.25) is 9.58 Å². The summed E-state index contributed by atoms with van der Waals surface area (Å²) in [6, 6.07) is 0.458. The van der Waals surface area contributed by atoms with Gasteiger partial charge in [0.1, 0.15) is 0 Å². The lowest BCUT2D eigenvalue weighted by Gasteiger charge is -2.37. The second kappa shape index (κ2) is 5.25. The Morgan fingerprint density at radius 3 is 2.79 bits per heavy atom. The zero-order chi connectivity index (χ0) is 13.3. The van der Waals surface area contributed by atoms with Crippen LogP contribution in [0.2, 0.25) is 0 Å². The molecule has 4 heteroatoms. The topological polar surface area (TPSA) is 41.3 Å². The van der Waals surface area contributed by atoms with Gasteiger partial charge in [0, 0.05) is 31.4 Å². The fourth-order valence-electron chi connectivity index (χ4n) is 3.75. The zero-order valence-electron chi connectivity index (χ0n) is 11.9. The maximum absolute atomic E-state index is 10.7. The van der Waals surface area contributed by atoms with Gasteiger partial charge in [0.15, 0.2) is 0 Å². The van der Waals surface area contributed by atoms with Gasteiger partial charge in [-0.1, -0.05) is 19.3 Å². The van der Waals surface area contributed by atoms with Crippen molar-refractivity contribution in [1.82, 2.24) is 14.7 Å². The van der Waals surface area contributed by atoms with Crippen LogP contribution in [0.3, 0.4) is 0 Å². The first-order valence-electron chi connectivity index (χ1n) is 7.61. The summed E-state index contributed by atoms with van der Waals surface area (Å²) in [7, 11) is 1.97. The van der Waals surface area contributed by atoms with E-state index in [1.54, 1.807) is 0 Å². The first-order valence-corrected chi connectivity index (χ1v) is 7.61. The molecule has 1 aromatic rings. The van der Waals surface area contributed by atoms with Gasteiger partial charge in [0.2, 0.25) is 0 Å². The quantitative estimate of drug-likeness (QED) is 0.909. The number of aliphatic hydroxyl groups is 1. The molecule has 3 rings (SSSR count). The predicted molar refractivity (Wildman–Crippen MR) is 74.8 cm³/mol. The molecule has 0 aromatic carbocycles. The first-order chi connectivity index (χ1) is 9.16. The Hall–Kier alpha value is -0.870. The van der Waals surface area contributed by atoms with Crippen molar-refractivity contribution >= 4 is 0 Å². The minimum absolute atomic E-state index is 0.441. The lowest BCUT2D eigenvalue weighted by Crippen LogP contribution is -2.44. The summed E-state index contributed by atoms with van der Waals surface area (Å²) in [5.41, 5.74) is 0.864. The van der Waals surface area contributed by atoms with E-state index >= 15 is 0 Å². The highest BCUT2D eigenvalue weighted by Crippen LogP contribution is 2.36. The Balaban J connectivity index is 1.69. The second-order valence-corrected chi connectivity index (χ2v) is 6.36. The van der Waals surface area contributed by atoms with Crippen molar-refractivity contribution < 1.29 is 5.11 Å². The second-order valence-electron chi connectivity index (χ2n) is 6.36. The minimum atomic E-state index is -0.441. The van der Waals surface area contributed by atoms with E-state index in [0.717, 1.165) is 25.9 Å². The Kier molecular flexibility index (Phi) is 3.63.